The van der Waals surface area contributed by atoms with E-state index < -0.39 is 0 Å². The third-order valence-electron chi connectivity index (χ3n) is 3.88. The van der Waals surface area contributed by atoms with Gasteiger partial charge < -0.3 is 9.64 Å². The summed E-state index contributed by atoms with van der Waals surface area (Å²) < 4.78 is 5.08. The summed E-state index contributed by atoms with van der Waals surface area (Å²) in [5.41, 5.74) is 0. The molecule has 100 valence electrons. The lowest BCUT2D eigenvalue weighted by Gasteiger charge is -2.32. The molecule has 0 saturated carbocycles. The Hall–Kier alpha value is -0.570. The fourth-order valence-corrected chi connectivity index (χ4v) is 2.52. The van der Waals surface area contributed by atoms with Crippen LogP contribution < -0.4 is 0 Å². The third-order valence-corrected chi connectivity index (χ3v) is 3.88. The number of nitrogens with zero attached hydrogens (tertiary/aromatic N) is 1. The van der Waals surface area contributed by atoms with Crippen LogP contribution in [0.4, 0.5) is 0 Å². The normalized spacial score (nSPS) is 18.6. The Labute approximate surface area is 106 Å². The SMILES string of the molecule is CCOC(=O)C1CCN(CC(CC)CC)CC1. The number of hydrogen-bond acceptors (Lipinski definition) is 3. The van der Waals surface area contributed by atoms with Crippen molar-refractivity contribution in [2.45, 2.75) is 46.5 Å². The number of piperidine rings is 1. The Morgan fingerprint density at radius 2 is 1.82 bits per heavy atom. The van der Waals surface area contributed by atoms with Crippen molar-refractivity contribution >= 4 is 5.97 Å². The molecule has 17 heavy (non-hydrogen) atoms. The van der Waals surface area contributed by atoms with Gasteiger partial charge in [0.25, 0.3) is 0 Å². The van der Waals surface area contributed by atoms with Crippen LogP contribution >= 0.6 is 0 Å². The molecule has 1 saturated heterocycles. The summed E-state index contributed by atoms with van der Waals surface area (Å²) in [5.74, 6) is 0.969. The second-order valence-electron chi connectivity index (χ2n) is 5.01. The molecule has 0 unspecified atom stereocenters. The second-order valence-corrected chi connectivity index (χ2v) is 5.01. The zero-order valence-corrected chi connectivity index (χ0v) is 11.6. The fraction of sp³-hybridized carbons (Fsp3) is 0.929. The average molecular weight is 241 g/mol. The number of ether oxygens (including phenoxy) is 1. The van der Waals surface area contributed by atoms with Gasteiger partial charge in [0.15, 0.2) is 0 Å². The summed E-state index contributed by atoms with van der Waals surface area (Å²) in [6, 6.07) is 0. The standard InChI is InChI=1S/C14H27NO2/c1-4-12(5-2)11-15-9-7-13(8-10-15)14(16)17-6-3/h12-13H,4-11H2,1-3H3. The van der Waals surface area contributed by atoms with E-state index in [1.165, 1.54) is 19.4 Å². The number of carbonyl (C=O) groups excluding carboxylic acids is 1. The highest BCUT2D eigenvalue weighted by Crippen LogP contribution is 2.20. The van der Waals surface area contributed by atoms with E-state index in [9.17, 15) is 4.79 Å². The summed E-state index contributed by atoms with van der Waals surface area (Å²) in [6.07, 6.45) is 4.46. The first kappa shape index (κ1) is 14.5. The molecular formula is C14H27NO2. The van der Waals surface area contributed by atoms with Crippen molar-refractivity contribution in [3.8, 4) is 0 Å². The van der Waals surface area contributed by atoms with Gasteiger partial charge in [-0.2, -0.15) is 0 Å². The monoisotopic (exact) mass is 241 g/mol. The largest absolute Gasteiger partial charge is 0.466 e. The van der Waals surface area contributed by atoms with Gasteiger partial charge in [0.05, 0.1) is 12.5 Å². The number of likely N-dealkylation sites (tertiary alicyclic amines) is 1. The van der Waals surface area contributed by atoms with E-state index in [1.54, 1.807) is 0 Å². The lowest BCUT2D eigenvalue weighted by Crippen LogP contribution is -2.39. The average Bonchev–Trinajstić information content (AvgIpc) is 2.37. The van der Waals surface area contributed by atoms with Gasteiger partial charge in [-0.1, -0.05) is 26.7 Å². The Morgan fingerprint density at radius 3 is 2.29 bits per heavy atom. The molecule has 1 aliphatic heterocycles. The smallest absolute Gasteiger partial charge is 0.309 e. The van der Waals surface area contributed by atoms with Crippen LogP contribution in [-0.4, -0.2) is 37.1 Å². The van der Waals surface area contributed by atoms with Crippen LogP contribution in [-0.2, 0) is 9.53 Å². The first-order chi connectivity index (χ1) is 8.21. The molecule has 0 N–H and O–H groups in total. The maximum absolute atomic E-state index is 11.6. The van der Waals surface area contributed by atoms with Crippen LogP contribution in [0.1, 0.15) is 46.5 Å². The van der Waals surface area contributed by atoms with E-state index in [0.717, 1.165) is 31.8 Å². The first-order valence-corrected chi connectivity index (χ1v) is 7.10. The summed E-state index contributed by atoms with van der Waals surface area (Å²) in [6.45, 7) is 10.2. The quantitative estimate of drug-likeness (QED) is 0.670. The summed E-state index contributed by atoms with van der Waals surface area (Å²) in [7, 11) is 0. The summed E-state index contributed by atoms with van der Waals surface area (Å²) in [4.78, 5) is 14.1. The highest BCUT2D eigenvalue weighted by molar-refractivity contribution is 5.72. The Morgan fingerprint density at radius 1 is 1.24 bits per heavy atom. The van der Waals surface area contributed by atoms with Crippen LogP contribution in [0, 0.1) is 11.8 Å². The van der Waals surface area contributed by atoms with Gasteiger partial charge in [-0.15, -0.1) is 0 Å². The molecule has 0 aromatic heterocycles. The molecule has 1 aliphatic rings. The highest BCUT2D eigenvalue weighted by Gasteiger charge is 2.26. The molecule has 0 atom stereocenters. The molecule has 0 aromatic rings. The van der Waals surface area contributed by atoms with Crippen LogP contribution in [0.5, 0.6) is 0 Å². The van der Waals surface area contributed by atoms with Crippen molar-refractivity contribution in [3.63, 3.8) is 0 Å². The molecule has 3 heteroatoms. The maximum Gasteiger partial charge on any atom is 0.309 e. The van der Waals surface area contributed by atoms with E-state index in [-0.39, 0.29) is 11.9 Å². The highest BCUT2D eigenvalue weighted by atomic mass is 16.5. The minimum Gasteiger partial charge on any atom is -0.466 e. The molecule has 3 nitrogen and oxygen atoms in total. The van der Waals surface area contributed by atoms with Crippen molar-refractivity contribution in [3.05, 3.63) is 0 Å². The molecule has 0 spiro atoms. The van der Waals surface area contributed by atoms with E-state index in [4.69, 9.17) is 4.74 Å². The molecule has 1 heterocycles. The van der Waals surface area contributed by atoms with E-state index in [0.29, 0.717) is 6.61 Å². The molecule has 0 amide bonds. The predicted octanol–water partition coefficient (Wildman–Crippen LogP) is 2.70. The van der Waals surface area contributed by atoms with E-state index >= 15 is 0 Å². The van der Waals surface area contributed by atoms with Gasteiger partial charge in [-0.3, -0.25) is 4.79 Å². The van der Waals surface area contributed by atoms with Crippen LogP contribution in [0.2, 0.25) is 0 Å². The zero-order chi connectivity index (χ0) is 12.7. The minimum atomic E-state index is 0.00897. The number of esters is 1. The van der Waals surface area contributed by atoms with Crippen molar-refractivity contribution in [1.82, 2.24) is 4.90 Å². The molecule has 1 rings (SSSR count). The number of carbonyl (C=O) groups is 1. The Kier molecular flexibility index (Phi) is 6.56. The van der Waals surface area contributed by atoms with E-state index in [2.05, 4.69) is 18.7 Å². The van der Waals surface area contributed by atoms with Gasteiger partial charge in [0, 0.05) is 6.54 Å². The maximum atomic E-state index is 11.6. The molecule has 0 bridgehead atoms. The van der Waals surface area contributed by atoms with Crippen LogP contribution in [0.25, 0.3) is 0 Å². The summed E-state index contributed by atoms with van der Waals surface area (Å²) >= 11 is 0. The van der Waals surface area contributed by atoms with Crippen molar-refractivity contribution in [2.75, 3.05) is 26.2 Å². The number of rotatable bonds is 6. The summed E-state index contributed by atoms with van der Waals surface area (Å²) in [5, 5.41) is 0. The van der Waals surface area contributed by atoms with Gasteiger partial charge in [-0.25, -0.2) is 0 Å². The van der Waals surface area contributed by atoms with Crippen molar-refractivity contribution < 1.29 is 9.53 Å². The van der Waals surface area contributed by atoms with Crippen molar-refractivity contribution in [1.29, 1.82) is 0 Å². The van der Waals surface area contributed by atoms with Gasteiger partial charge in [-0.05, 0) is 38.8 Å². The topological polar surface area (TPSA) is 29.5 Å². The molecule has 0 radical (unpaired) electrons. The van der Waals surface area contributed by atoms with E-state index in [1.807, 2.05) is 6.92 Å². The van der Waals surface area contributed by atoms with Crippen molar-refractivity contribution in [2.24, 2.45) is 11.8 Å². The third kappa shape index (κ3) is 4.66. The van der Waals surface area contributed by atoms with Crippen LogP contribution in [0.3, 0.4) is 0 Å². The molecular weight excluding hydrogens is 214 g/mol. The lowest BCUT2D eigenvalue weighted by atomic mass is 9.95. The van der Waals surface area contributed by atoms with Gasteiger partial charge in [0.1, 0.15) is 0 Å². The lowest BCUT2D eigenvalue weighted by molar-refractivity contribution is -0.149. The first-order valence-electron chi connectivity index (χ1n) is 7.10. The molecule has 0 aliphatic carbocycles. The zero-order valence-electron chi connectivity index (χ0n) is 11.6. The number of hydrogen-bond donors (Lipinski definition) is 0. The van der Waals surface area contributed by atoms with Gasteiger partial charge >= 0.3 is 5.97 Å². The Bertz CT molecular complexity index is 218. The second kappa shape index (κ2) is 7.70. The van der Waals surface area contributed by atoms with Gasteiger partial charge in [0.2, 0.25) is 0 Å². The van der Waals surface area contributed by atoms with Crippen LogP contribution in [0.15, 0.2) is 0 Å². The minimum absolute atomic E-state index is 0.00897. The Balaban J connectivity index is 2.28. The molecule has 1 fully saturated rings. The predicted molar refractivity (Wildman–Crippen MR) is 69.9 cm³/mol. The molecule has 0 aromatic carbocycles. The fourth-order valence-electron chi connectivity index (χ4n) is 2.52.